The first kappa shape index (κ1) is 34.5. The molecule has 8 aliphatic rings. The Kier molecular flexibility index (Phi) is 9.05. The van der Waals surface area contributed by atoms with E-state index in [0.29, 0.717) is 35.6 Å². The van der Waals surface area contributed by atoms with Crippen molar-refractivity contribution < 1.29 is 0 Å². The van der Waals surface area contributed by atoms with Gasteiger partial charge in [0, 0.05) is 68.3 Å². The van der Waals surface area contributed by atoms with Crippen molar-refractivity contribution in [2.24, 2.45) is 22.7 Å². The third-order valence-corrected chi connectivity index (χ3v) is 15.1. The zero-order valence-corrected chi connectivity index (χ0v) is 32.8. The van der Waals surface area contributed by atoms with Crippen LogP contribution in [-0.2, 0) is 0 Å². The quantitative estimate of drug-likeness (QED) is 0.181. The highest BCUT2D eigenvalue weighted by Crippen LogP contribution is 2.55. The molecule has 1 aromatic heterocycles. The molecule has 7 heteroatoms. The van der Waals surface area contributed by atoms with Crippen LogP contribution in [0.15, 0.2) is 138 Å². The number of rotatable bonds is 7. The van der Waals surface area contributed by atoms with E-state index in [2.05, 4.69) is 165 Å². The number of benzene rings is 2. The fourth-order valence-corrected chi connectivity index (χ4v) is 12.1. The number of fused-ring (bicyclic) bond motifs is 5. The molecule has 1 saturated heterocycles. The predicted octanol–water partition coefficient (Wildman–Crippen LogP) is 9.49. The number of dihydropyridines is 1. The molecule has 2 aromatic carbocycles. The number of hydrogen-bond donors (Lipinski definition) is 4. The van der Waals surface area contributed by atoms with E-state index in [0.717, 1.165) is 62.6 Å². The van der Waals surface area contributed by atoms with Crippen molar-refractivity contribution in [1.29, 1.82) is 0 Å². The molecule has 8 atom stereocenters. The first-order chi connectivity index (χ1) is 27.8. The monoisotopic (exact) mass is 756 g/mol. The Morgan fingerprint density at radius 3 is 2.32 bits per heavy atom. The van der Waals surface area contributed by atoms with Crippen LogP contribution in [0.25, 0.3) is 10.1 Å². The van der Waals surface area contributed by atoms with Gasteiger partial charge in [0.25, 0.3) is 0 Å². The lowest BCUT2D eigenvalue weighted by Crippen LogP contribution is -2.58. The first-order valence-corrected chi connectivity index (χ1v) is 22.0. The summed E-state index contributed by atoms with van der Waals surface area (Å²) in [6.07, 6.45) is 41.8. The van der Waals surface area contributed by atoms with Gasteiger partial charge in [-0.05, 0) is 123 Å². The summed E-state index contributed by atoms with van der Waals surface area (Å²) in [7, 11) is 0. The molecule has 0 amide bonds. The molecule has 5 heterocycles. The van der Waals surface area contributed by atoms with Crippen LogP contribution in [0.3, 0.4) is 0 Å². The zero-order valence-electron chi connectivity index (χ0n) is 32.0. The van der Waals surface area contributed by atoms with Gasteiger partial charge in [-0.1, -0.05) is 85.1 Å². The number of allylic oxidation sites excluding steroid dienone is 10. The Hall–Kier alpha value is -4.69. The van der Waals surface area contributed by atoms with Crippen LogP contribution in [0.5, 0.6) is 0 Å². The second-order valence-corrected chi connectivity index (χ2v) is 18.0. The summed E-state index contributed by atoms with van der Waals surface area (Å²) >= 11 is 2.08. The summed E-state index contributed by atoms with van der Waals surface area (Å²) in [6.45, 7) is 3.16. The summed E-state index contributed by atoms with van der Waals surface area (Å²) in [6, 6.07) is 14.6. The lowest BCUT2D eigenvalue weighted by Gasteiger charge is -2.40. The van der Waals surface area contributed by atoms with Gasteiger partial charge in [0.05, 0.1) is 6.17 Å². The van der Waals surface area contributed by atoms with E-state index in [4.69, 9.17) is 4.99 Å². The Balaban J connectivity index is 0.933. The maximum Gasteiger partial charge on any atom is 0.131 e. The molecule has 4 N–H and O–H groups in total. The van der Waals surface area contributed by atoms with Crippen LogP contribution in [0.2, 0.25) is 0 Å². The maximum atomic E-state index is 5.31. The number of nitrogens with one attached hydrogen (secondary N) is 4. The molecule has 4 aliphatic carbocycles. The fraction of sp³-hybridized carbons (Fsp3) is 0.367. The largest absolute Gasteiger partial charge is 0.387 e. The average molecular weight is 757 g/mol. The average Bonchev–Trinajstić information content (AvgIpc) is 3.81. The molecule has 56 heavy (non-hydrogen) atoms. The summed E-state index contributed by atoms with van der Waals surface area (Å²) in [5.41, 5.74) is 8.11. The topological polar surface area (TPSA) is 63.7 Å². The van der Waals surface area contributed by atoms with Crippen molar-refractivity contribution in [3.05, 3.63) is 155 Å². The molecule has 0 radical (unpaired) electrons. The van der Waals surface area contributed by atoms with E-state index in [1.165, 1.54) is 45.4 Å². The highest BCUT2D eigenvalue weighted by Gasteiger charge is 2.42. The van der Waals surface area contributed by atoms with E-state index >= 15 is 0 Å². The second-order valence-electron chi connectivity index (χ2n) is 16.9. The van der Waals surface area contributed by atoms with Crippen LogP contribution in [0, 0.1) is 17.8 Å². The van der Waals surface area contributed by atoms with Crippen LogP contribution in [0.1, 0.15) is 77.8 Å². The molecule has 3 aromatic rings. The van der Waals surface area contributed by atoms with Gasteiger partial charge in [-0.3, -0.25) is 5.32 Å². The number of nitrogens with zero attached hydrogens (tertiary/aromatic N) is 2. The van der Waals surface area contributed by atoms with Gasteiger partial charge in [0.15, 0.2) is 0 Å². The lowest BCUT2D eigenvalue weighted by atomic mass is 9.77. The van der Waals surface area contributed by atoms with E-state index in [1.54, 1.807) is 10.4 Å². The predicted molar refractivity (Wildman–Crippen MR) is 234 cm³/mol. The first-order valence-electron chi connectivity index (χ1n) is 21.2. The maximum absolute atomic E-state index is 5.31. The smallest absolute Gasteiger partial charge is 0.131 e. The Morgan fingerprint density at radius 2 is 1.59 bits per heavy atom. The third kappa shape index (κ3) is 6.10. The molecule has 1 fully saturated rings. The third-order valence-electron chi connectivity index (χ3n) is 13.7. The Bertz CT molecular complexity index is 2280. The van der Waals surface area contributed by atoms with Gasteiger partial charge in [-0.2, -0.15) is 0 Å². The van der Waals surface area contributed by atoms with Gasteiger partial charge >= 0.3 is 0 Å². The number of hydrogen-bond acceptors (Lipinski definition) is 7. The summed E-state index contributed by atoms with van der Waals surface area (Å²) in [5, 5.41) is 16.0. The second kappa shape index (κ2) is 14.7. The summed E-state index contributed by atoms with van der Waals surface area (Å²) in [5.74, 6) is 4.15. The SMILES string of the molecule is C1=CCC(c2sc3c4c(ccc3c2C2C=CC=CC2)N(c2ccc(C3=NC(C5=CCNC=C5)NC(C5C=CC(C6CNC6)CC5)N3)cc2)C2CCC=CC42)C=C1. The lowest BCUT2D eigenvalue weighted by molar-refractivity contribution is 0.226. The van der Waals surface area contributed by atoms with Gasteiger partial charge in [0.1, 0.15) is 12.0 Å². The minimum absolute atomic E-state index is 0.0836. The van der Waals surface area contributed by atoms with Crippen molar-refractivity contribution in [2.75, 3.05) is 24.5 Å². The fourth-order valence-electron chi connectivity index (χ4n) is 10.6. The van der Waals surface area contributed by atoms with E-state index in [-0.39, 0.29) is 12.3 Å². The number of amidine groups is 1. The standard InChI is InChI=1S/C49H52N6S/c1-3-9-32(10-4-1)43-40-23-24-42-44(46(40)56-45(43)33-11-5-2-6-12-33)39-13-7-8-14-41(39)55(42)38-21-19-35(20-22-38)48-52-47(53-49(54-48)36-25-27-50-28-26-36)34-17-15-31(16-18-34)37-29-51-30-37/h1-7,9,11,13,15,17,19-27,31-34,37,39,41,47,49-51,53H,8,10,12,14,16,18,28-30H2,(H,52,54). The number of anilines is 2. The van der Waals surface area contributed by atoms with Crippen LogP contribution < -0.4 is 26.2 Å². The Morgan fingerprint density at radius 1 is 0.768 bits per heavy atom. The molecule has 4 aliphatic heterocycles. The molecule has 6 nitrogen and oxygen atoms in total. The summed E-state index contributed by atoms with van der Waals surface area (Å²) < 4.78 is 1.50. The molecular weight excluding hydrogens is 705 g/mol. The number of thiophene rings is 1. The molecule has 0 spiro atoms. The molecule has 8 unspecified atom stereocenters. The molecule has 0 bridgehead atoms. The van der Waals surface area contributed by atoms with Gasteiger partial charge in [0.2, 0.25) is 0 Å². The highest BCUT2D eigenvalue weighted by molar-refractivity contribution is 7.19. The molecule has 284 valence electrons. The van der Waals surface area contributed by atoms with E-state index in [9.17, 15) is 0 Å². The van der Waals surface area contributed by atoms with Crippen LogP contribution >= 0.6 is 11.3 Å². The van der Waals surface area contributed by atoms with E-state index in [1.807, 2.05) is 0 Å². The van der Waals surface area contributed by atoms with Crippen molar-refractivity contribution in [3.63, 3.8) is 0 Å². The van der Waals surface area contributed by atoms with E-state index < -0.39 is 0 Å². The van der Waals surface area contributed by atoms with Gasteiger partial charge in [-0.15, -0.1) is 11.3 Å². The van der Waals surface area contributed by atoms with Crippen molar-refractivity contribution in [3.8, 4) is 0 Å². The molecular formula is C49H52N6S. The summed E-state index contributed by atoms with van der Waals surface area (Å²) in [4.78, 5) is 9.54. The minimum atomic E-state index is -0.0836. The van der Waals surface area contributed by atoms with Crippen LogP contribution in [-0.4, -0.2) is 43.8 Å². The Labute approximate surface area is 335 Å². The van der Waals surface area contributed by atoms with Gasteiger partial charge in [-0.25, -0.2) is 4.99 Å². The van der Waals surface area contributed by atoms with Crippen molar-refractivity contribution >= 4 is 38.6 Å². The number of aliphatic imine (C=N–C) groups is 1. The van der Waals surface area contributed by atoms with Crippen LogP contribution in [0.4, 0.5) is 11.4 Å². The van der Waals surface area contributed by atoms with Crippen molar-refractivity contribution in [1.82, 2.24) is 21.3 Å². The zero-order chi connectivity index (χ0) is 37.0. The van der Waals surface area contributed by atoms with Crippen molar-refractivity contribution in [2.45, 2.75) is 74.7 Å². The normalized spacial score (nSPS) is 31.8. The highest BCUT2D eigenvalue weighted by atomic mass is 32.1. The molecule has 11 rings (SSSR count). The minimum Gasteiger partial charge on any atom is -0.387 e. The molecule has 0 saturated carbocycles. The van der Waals surface area contributed by atoms with Gasteiger partial charge < -0.3 is 20.9 Å².